The Morgan fingerprint density at radius 2 is 1.85 bits per heavy atom. The lowest BCUT2D eigenvalue weighted by molar-refractivity contribution is 0.0120. The smallest absolute Gasteiger partial charge is 0.0766 e. The summed E-state index contributed by atoms with van der Waals surface area (Å²) < 4.78 is 0. The summed E-state index contributed by atoms with van der Waals surface area (Å²) in [6.07, 6.45) is 2.37. The molecule has 2 nitrogen and oxygen atoms in total. The fourth-order valence-corrected chi connectivity index (χ4v) is 1.12. The molecule has 0 saturated heterocycles. The first-order chi connectivity index (χ1) is 5.90. The molecule has 0 aliphatic heterocycles. The largest absolute Gasteiger partial charge is 0.389 e. The highest BCUT2D eigenvalue weighted by atomic mass is 16.3. The van der Waals surface area contributed by atoms with Crippen LogP contribution in [0.2, 0.25) is 0 Å². The van der Waals surface area contributed by atoms with E-state index in [1.54, 1.807) is 0 Å². The van der Waals surface area contributed by atoms with Gasteiger partial charge in [0, 0.05) is 12.6 Å². The van der Waals surface area contributed by atoms with Crippen LogP contribution in [0.15, 0.2) is 0 Å². The van der Waals surface area contributed by atoms with E-state index in [0.717, 1.165) is 0 Å². The van der Waals surface area contributed by atoms with E-state index in [9.17, 15) is 5.11 Å². The SMILES string of the molecule is CCCC(C)NCC(C)(O)C(C)C. The van der Waals surface area contributed by atoms with Gasteiger partial charge in [0.15, 0.2) is 0 Å². The molecular formula is C11H25NO. The molecule has 0 aromatic heterocycles. The summed E-state index contributed by atoms with van der Waals surface area (Å²) >= 11 is 0. The van der Waals surface area contributed by atoms with Gasteiger partial charge in [-0.3, -0.25) is 0 Å². The van der Waals surface area contributed by atoms with Gasteiger partial charge in [0.1, 0.15) is 0 Å². The van der Waals surface area contributed by atoms with E-state index in [2.05, 4.69) is 19.2 Å². The highest BCUT2D eigenvalue weighted by Gasteiger charge is 2.24. The summed E-state index contributed by atoms with van der Waals surface area (Å²) in [4.78, 5) is 0. The van der Waals surface area contributed by atoms with Gasteiger partial charge in [-0.25, -0.2) is 0 Å². The Balaban J connectivity index is 3.74. The van der Waals surface area contributed by atoms with Crippen molar-refractivity contribution in [2.24, 2.45) is 5.92 Å². The van der Waals surface area contributed by atoms with Crippen molar-refractivity contribution in [3.05, 3.63) is 0 Å². The minimum Gasteiger partial charge on any atom is -0.389 e. The maximum atomic E-state index is 9.95. The second-order valence-electron chi connectivity index (χ2n) is 4.58. The number of hydrogen-bond acceptors (Lipinski definition) is 2. The lowest BCUT2D eigenvalue weighted by Crippen LogP contribution is -2.45. The molecule has 80 valence electrons. The first-order valence-electron chi connectivity index (χ1n) is 5.36. The van der Waals surface area contributed by atoms with Gasteiger partial charge < -0.3 is 10.4 Å². The van der Waals surface area contributed by atoms with Crippen molar-refractivity contribution in [2.45, 2.75) is 59.1 Å². The molecule has 2 unspecified atom stereocenters. The van der Waals surface area contributed by atoms with Gasteiger partial charge in [0.05, 0.1) is 5.60 Å². The summed E-state index contributed by atoms with van der Waals surface area (Å²) in [6, 6.07) is 0.509. The van der Waals surface area contributed by atoms with Gasteiger partial charge >= 0.3 is 0 Å². The van der Waals surface area contributed by atoms with E-state index in [4.69, 9.17) is 0 Å². The summed E-state index contributed by atoms with van der Waals surface area (Å²) in [5, 5.41) is 13.3. The van der Waals surface area contributed by atoms with Crippen molar-refractivity contribution >= 4 is 0 Å². The maximum absolute atomic E-state index is 9.95. The van der Waals surface area contributed by atoms with Crippen molar-refractivity contribution in [3.8, 4) is 0 Å². The van der Waals surface area contributed by atoms with Crippen molar-refractivity contribution in [3.63, 3.8) is 0 Å². The molecule has 0 spiro atoms. The van der Waals surface area contributed by atoms with Crippen LogP contribution in [0.4, 0.5) is 0 Å². The molecule has 0 radical (unpaired) electrons. The van der Waals surface area contributed by atoms with Crippen molar-refractivity contribution in [2.75, 3.05) is 6.54 Å². The normalized spacial score (nSPS) is 18.7. The molecule has 0 aliphatic rings. The second-order valence-corrected chi connectivity index (χ2v) is 4.58. The number of hydrogen-bond donors (Lipinski definition) is 2. The molecule has 0 rings (SSSR count). The Kier molecular flexibility index (Phi) is 5.57. The number of rotatable bonds is 6. The molecule has 0 aromatic rings. The second kappa shape index (κ2) is 5.61. The van der Waals surface area contributed by atoms with Crippen LogP contribution in [0.3, 0.4) is 0 Å². The van der Waals surface area contributed by atoms with Crippen LogP contribution in [0.1, 0.15) is 47.5 Å². The van der Waals surface area contributed by atoms with E-state index >= 15 is 0 Å². The molecule has 0 fully saturated rings. The van der Waals surface area contributed by atoms with Gasteiger partial charge in [0.2, 0.25) is 0 Å². The summed E-state index contributed by atoms with van der Waals surface area (Å²) in [6.45, 7) is 11.0. The molecule has 0 heterocycles. The molecule has 0 aliphatic carbocycles. The summed E-state index contributed by atoms with van der Waals surface area (Å²) in [7, 11) is 0. The van der Waals surface area contributed by atoms with E-state index < -0.39 is 5.60 Å². The zero-order chi connectivity index (χ0) is 10.5. The van der Waals surface area contributed by atoms with Gasteiger partial charge in [-0.05, 0) is 26.2 Å². The molecule has 0 aromatic carbocycles. The zero-order valence-electron chi connectivity index (χ0n) is 9.72. The maximum Gasteiger partial charge on any atom is 0.0766 e. The minimum atomic E-state index is -0.581. The van der Waals surface area contributed by atoms with Crippen LogP contribution in [-0.4, -0.2) is 23.3 Å². The average Bonchev–Trinajstić information content (AvgIpc) is 2.01. The van der Waals surface area contributed by atoms with Gasteiger partial charge in [-0.2, -0.15) is 0 Å². The molecule has 0 amide bonds. The van der Waals surface area contributed by atoms with E-state index in [1.165, 1.54) is 12.8 Å². The minimum absolute atomic E-state index is 0.300. The van der Waals surface area contributed by atoms with Crippen LogP contribution >= 0.6 is 0 Å². The molecule has 2 N–H and O–H groups in total. The summed E-state index contributed by atoms with van der Waals surface area (Å²) in [5.74, 6) is 0.300. The quantitative estimate of drug-likeness (QED) is 0.668. The molecule has 0 saturated carbocycles. The predicted octanol–water partition coefficient (Wildman–Crippen LogP) is 2.17. The van der Waals surface area contributed by atoms with E-state index in [-0.39, 0.29) is 0 Å². The fraction of sp³-hybridized carbons (Fsp3) is 1.00. The highest BCUT2D eigenvalue weighted by molar-refractivity contribution is 4.80. The number of aliphatic hydroxyl groups is 1. The Hall–Kier alpha value is -0.0800. The van der Waals surface area contributed by atoms with Crippen molar-refractivity contribution in [1.82, 2.24) is 5.32 Å². The molecule has 13 heavy (non-hydrogen) atoms. The van der Waals surface area contributed by atoms with Gasteiger partial charge in [0.25, 0.3) is 0 Å². The lowest BCUT2D eigenvalue weighted by atomic mass is 9.92. The summed E-state index contributed by atoms with van der Waals surface area (Å²) in [5.41, 5.74) is -0.581. The topological polar surface area (TPSA) is 32.3 Å². The molecular weight excluding hydrogens is 162 g/mol. The molecule has 2 heteroatoms. The van der Waals surface area contributed by atoms with Gasteiger partial charge in [-0.15, -0.1) is 0 Å². The van der Waals surface area contributed by atoms with Gasteiger partial charge in [-0.1, -0.05) is 27.2 Å². The Morgan fingerprint density at radius 1 is 1.31 bits per heavy atom. The predicted molar refractivity (Wildman–Crippen MR) is 57.8 cm³/mol. The van der Waals surface area contributed by atoms with E-state index in [0.29, 0.717) is 18.5 Å². The third-order valence-corrected chi connectivity index (χ3v) is 2.77. The standard InChI is InChI=1S/C11H25NO/c1-6-7-10(4)12-8-11(5,13)9(2)3/h9-10,12-13H,6-8H2,1-5H3. The van der Waals surface area contributed by atoms with Crippen LogP contribution in [0, 0.1) is 5.92 Å². The zero-order valence-corrected chi connectivity index (χ0v) is 9.72. The Bertz CT molecular complexity index is 132. The first-order valence-corrected chi connectivity index (χ1v) is 5.36. The molecule has 0 bridgehead atoms. The van der Waals surface area contributed by atoms with Crippen LogP contribution in [-0.2, 0) is 0 Å². The Labute approximate surface area is 82.7 Å². The van der Waals surface area contributed by atoms with Crippen LogP contribution < -0.4 is 5.32 Å². The number of nitrogens with one attached hydrogen (secondary N) is 1. The monoisotopic (exact) mass is 187 g/mol. The average molecular weight is 187 g/mol. The van der Waals surface area contributed by atoms with E-state index in [1.807, 2.05) is 20.8 Å². The third-order valence-electron chi connectivity index (χ3n) is 2.77. The molecule has 2 atom stereocenters. The first kappa shape index (κ1) is 12.9. The lowest BCUT2D eigenvalue weighted by Gasteiger charge is -2.29. The van der Waals surface area contributed by atoms with Crippen LogP contribution in [0.5, 0.6) is 0 Å². The highest BCUT2D eigenvalue weighted by Crippen LogP contribution is 2.14. The fourth-order valence-electron chi connectivity index (χ4n) is 1.12. The van der Waals surface area contributed by atoms with Crippen molar-refractivity contribution < 1.29 is 5.11 Å². The van der Waals surface area contributed by atoms with Crippen LogP contribution in [0.25, 0.3) is 0 Å². The Morgan fingerprint density at radius 3 is 2.23 bits per heavy atom. The van der Waals surface area contributed by atoms with Crippen molar-refractivity contribution in [1.29, 1.82) is 0 Å². The third kappa shape index (κ3) is 5.27.